The van der Waals surface area contributed by atoms with Gasteiger partial charge in [-0.05, 0) is 18.2 Å². The minimum Gasteiger partial charge on any atom is -0.422 e. The first kappa shape index (κ1) is 11.6. The maximum atomic E-state index is 7.47. The van der Waals surface area contributed by atoms with Gasteiger partial charge in [0.15, 0.2) is 0 Å². The van der Waals surface area contributed by atoms with Crippen LogP contribution >= 0.6 is 15.9 Å². The van der Waals surface area contributed by atoms with Crippen molar-refractivity contribution in [3.8, 4) is 11.8 Å². The third-order valence-electron chi connectivity index (χ3n) is 2.01. The zero-order valence-electron chi connectivity index (χ0n) is 9.01. The highest BCUT2D eigenvalue weighted by Crippen LogP contribution is 2.25. The Morgan fingerprint density at radius 3 is 2.88 bits per heavy atom. The van der Waals surface area contributed by atoms with Crippen molar-refractivity contribution in [1.82, 2.24) is 14.8 Å². The van der Waals surface area contributed by atoms with Crippen molar-refractivity contribution in [2.24, 2.45) is 12.8 Å². The summed E-state index contributed by atoms with van der Waals surface area (Å²) in [5.41, 5.74) is 5.97. The maximum absolute atomic E-state index is 7.47. The number of hydrogen-bond acceptors (Lipinski definition) is 4. The van der Waals surface area contributed by atoms with Crippen LogP contribution in [0.5, 0.6) is 11.8 Å². The Bertz CT molecular complexity index is 566. The number of nitrogens with two attached hydrogens (primary N) is 1. The highest BCUT2D eigenvalue weighted by molar-refractivity contribution is 9.10. The first-order valence-corrected chi connectivity index (χ1v) is 5.53. The van der Waals surface area contributed by atoms with Crippen molar-refractivity contribution in [3.63, 3.8) is 0 Å². The summed E-state index contributed by atoms with van der Waals surface area (Å²) in [6.07, 6.45) is 1.53. The van der Waals surface area contributed by atoms with Gasteiger partial charge in [-0.15, -0.1) is 5.10 Å². The summed E-state index contributed by atoms with van der Waals surface area (Å²) >= 11 is 3.31. The Hall–Kier alpha value is -1.89. The van der Waals surface area contributed by atoms with Crippen molar-refractivity contribution >= 4 is 21.8 Å². The number of nitrogens with one attached hydrogen (secondary N) is 1. The molecule has 0 saturated carbocycles. The van der Waals surface area contributed by atoms with Gasteiger partial charge >= 0.3 is 6.01 Å². The van der Waals surface area contributed by atoms with Crippen molar-refractivity contribution in [3.05, 3.63) is 34.6 Å². The molecule has 0 fully saturated rings. The molecule has 0 unspecified atom stereocenters. The molecule has 0 aliphatic heterocycles. The lowest BCUT2D eigenvalue weighted by atomic mass is 10.2. The van der Waals surface area contributed by atoms with Crippen molar-refractivity contribution in [1.29, 1.82) is 5.41 Å². The summed E-state index contributed by atoms with van der Waals surface area (Å²) in [7, 11) is 1.74. The van der Waals surface area contributed by atoms with Crippen LogP contribution in [0.15, 0.2) is 29.0 Å². The van der Waals surface area contributed by atoms with E-state index in [0.717, 1.165) is 4.47 Å². The molecule has 1 aromatic heterocycles. The molecule has 0 spiro atoms. The van der Waals surface area contributed by atoms with E-state index in [1.165, 1.54) is 11.0 Å². The lowest BCUT2D eigenvalue weighted by Crippen LogP contribution is -2.12. The second kappa shape index (κ2) is 4.54. The number of nitrogens with zero attached hydrogens (tertiary/aromatic N) is 3. The molecule has 1 aromatic carbocycles. The molecule has 6 nitrogen and oxygen atoms in total. The summed E-state index contributed by atoms with van der Waals surface area (Å²) in [5.74, 6) is 0.379. The van der Waals surface area contributed by atoms with Gasteiger partial charge in [0.05, 0.1) is 5.56 Å². The molecule has 1 heterocycles. The van der Waals surface area contributed by atoms with Crippen LogP contribution in [0.25, 0.3) is 0 Å². The fourth-order valence-electron chi connectivity index (χ4n) is 1.27. The fraction of sp³-hybridized carbons (Fsp3) is 0.100. The average molecular weight is 296 g/mol. The molecule has 17 heavy (non-hydrogen) atoms. The molecule has 2 rings (SSSR count). The summed E-state index contributed by atoms with van der Waals surface area (Å²) in [4.78, 5) is 3.94. The van der Waals surface area contributed by atoms with Crippen LogP contribution < -0.4 is 10.5 Å². The third-order valence-corrected chi connectivity index (χ3v) is 2.50. The molecule has 2 aromatic rings. The van der Waals surface area contributed by atoms with Crippen LogP contribution in [0.3, 0.4) is 0 Å². The Morgan fingerprint density at radius 1 is 1.53 bits per heavy atom. The van der Waals surface area contributed by atoms with E-state index in [1.54, 1.807) is 25.2 Å². The zero-order valence-corrected chi connectivity index (χ0v) is 10.6. The number of amidine groups is 1. The number of aromatic nitrogens is 3. The van der Waals surface area contributed by atoms with Gasteiger partial charge in [-0.3, -0.25) is 10.1 Å². The van der Waals surface area contributed by atoms with Gasteiger partial charge in [0, 0.05) is 11.5 Å². The predicted octanol–water partition coefficient (Wildman–Crippen LogP) is 1.65. The zero-order chi connectivity index (χ0) is 12.4. The number of benzene rings is 1. The highest BCUT2D eigenvalue weighted by atomic mass is 79.9. The average Bonchev–Trinajstić information content (AvgIpc) is 2.66. The number of aryl methyl sites for hydroxylation is 1. The highest BCUT2D eigenvalue weighted by Gasteiger charge is 2.10. The van der Waals surface area contributed by atoms with Crippen molar-refractivity contribution in [2.45, 2.75) is 0 Å². The van der Waals surface area contributed by atoms with E-state index in [2.05, 4.69) is 26.0 Å². The van der Waals surface area contributed by atoms with Crippen LogP contribution in [0.2, 0.25) is 0 Å². The van der Waals surface area contributed by atoms with E-state index in [9.17, 15) is 0 Å². The minimum atomic E-state index is -0.0720. The van der Waals surface area contributed by atoms with Crippen LogP contribution in [-0.4, -0.2) is 20.6 Å². The van der Waals surface area contributed by atoms with E-state index in [1.807, 2.05) is 0 Å². The molecular formula is C10H10BrN5O. The second-order valence-electron chi connectivity index (χ2n) is 3.36. The largest absolute Gasteiger partial charge is 0.422 e. The van der Waals surface area contributed by atoms with Gasteiger partial charge in [-0.2, -0.15) is 4.98 Å². The maximum Gasteiger partial charge on any atom is 0.341 e. The van der Waals surface area contributed by atoms with Gasteiger partial charge in [0.2, 0.25) is 0 Å². The molecular weight excluding hydrogens is 286 g/mol. The van der Waals surface area contributed by atoms with Gasteiger partial charge in [-0.25, -0.2) is 0 Å². The standard InChI is InChI=1S/C10H10BrN5O/c1-16-5-14-10(15-16)17-8-3-2-6(11)4-7(8)9(12)13/h2-5H,1H3,(H3,12,13). The van der Waals surface area contributed by atoms with Crippen LogP contribution in [0.1, 0.15) is 5.56 Å². The SMILES string of the molecule is Cn1cnc(Oc2ccc(Br)cc2C(=N)N)n1. The number of nitrogen functional groups attached to an aromatic ring is 1. The lowest BCUT2D eigenvalue weighted by molar-refractivity contribution is 0.438. The van der Waals surface area contributed by atoms with E-state index in [4.69, 9.17) is 15.9 Å². The van der Waals surface area contributed by atoms with E-state index in [-0.39, 0.29) is 11.8 Å². The van der Waals surface area contributed by atoms with Gasteiger partial charge < -0.3 is 10.5 Å². The van der Waals surface area contributed by atoms with Crippen LogP contribution in [0.4, 0.5) is 0 Å². The molecule has 0 aliphatic rings. The number of rotatable bonds is 3. The first-order valence-electron chi connectivity index (χ1n) is 4.73. The van der Waals surface area contributed by atoms with Gasteiger partial charge in [0.1, 0.15) is 17.9 Å². The summed E-state index contributed by atoms with van der Waals surface area (Å²) in [5, 5.41) is 11.5. The molecule has 0 amide bonds. The quantitative estimate of drug-likeness (QED) is 0.665. The summed E-state index contributed by atoms with van der Waals surface area (Å²) in [6, 6.07) is 5.43. The molecule has 7 heteroatoms. The number of hydrogen-bond donors (Lipinski definition) is 2. The van der Waals surface area contributed by atoms with Gasteiger partial charge in [0.25, 0.3) is 0 Å². The molecule has 3 N–H and O–H groups in total. The van der Waals surface area contributed by atoms with Crippen LogP contribution in [0, 0.1) is 5.41 Å². The first-order chi connectivity index (χ1) is 8.06. The minimum absolute atomic E-state index is 0.0720. The second-order valence-corrected chi connectivity index (χ2v) is 4.27. The van der Waals surface area contributed by atoms with Crippen LogP contribution in [-0.2, 0) is 7.05 Å². The molecule has 0 saturated heterocycles. The topological polar surface area (TPSA) is 89.8 Å². The number of halogens is 1. The van der Waals surface area contributed by atoms with Crippen molar-refractivity contribution < 1.29 is 4.74 Å². The summed E-state index contributed by atoms with van der Waals surface area (Å²) < 4.78 is 7.81. The van der Waals surface area contributed by atoms with Gasteiger partial charge in [-0.1, -0.05) is 15.9 Å². The Labute approximate surface area is 106 Å². The summed E-state index contributed by atoms with van der Waals surface area (Å²) in [6.45, 7) is 0. The molecule has 88 valence electrons. The Balaban J connectivity index is 2.35. The lowest BCUT2D eigenvalue weighted by Gasteiger charge is -2.07. The third kappa shape index (κ3) is 2.62. The Morgan fingerprint density at radius 2 is 2.29 bits per heavy atom. The Kier molecular flexibility index (Phi) is 3.10. The van der Waals surface area contributed by atoms with E-state index < -0.39 is 0 Å². The molecule has 0 aliphatic carbocycles. The fourth-order valence-corrected chi connectivity index (χ4v) is 1.63. The molecule has 0 radical (unpaired) electrons. The molecule has 0 bridgehead atoms. The van der Waals surface area contributed by atoms with E-state index >= 15 is 0 Å². The van der Waals surface area contributed by atoms with E-state index in [0.29, 0.717) is 11.3 Å². The monoisotopic (exact) mass is 295 g/mol. The smallest absolute Gasteiger partial charge is 0.341 e. The number of ether oxygens (including phenoxy) is 1. The predicted molar refractivity (Wildman–Crippen MR) is 66.2 cm³/mol. The normalized spacial score (nSPS) is 10.2. The van der Waals surface area contributed by atoms with Crippen molar-refractivity contribution in [2.75, 3.05) is 0 Å². The molecule has 0 atom stereocenters.